The van der Waals surface area contributed by atoms with Gasteiger partial charge in [0.1, 0.15) is 5.82 Å². The molecule has 0 amide bonds. The highest BCUT2D eigenvalue weighted by molar-refractivity contribution is 5.29. The average Bonchev–Trinajstić information content (AvgIpc) is 2.63. The van der Waals surface area contributed by atoms with Crippen LogP contribution in [0.3, 0.4) is 0 Å². The summed E-state index contributed by atoms with van der Waals surface area (Å²) >= 11 is 0. The largest absolute Gasteiger partial charge is 0.382 e. The molecule has 0 aliphatic carbocycles. The Bertz CT molecular complexity index is 289. The second-order valence-electron chi connectivity index (χ2n) is 3.62. The van der Waals surface area contributed by atoms with Crippen LogP contribution in [0.4, 0.5) is 5.82 Å². The van der Waals surface area contributed by atoms with Crippen molar-refractivity contribution in [2.24, 2.45) is 13.0 Å². The lowest BCUT2D eigenvalue weighted by atomic mass is 10.0. The topological polar surface area (TPSA) is 53.1 Å². The molecule has 2 N–H and O–H groups in total. The number of aryl methyl sites for hydroxylation is 1. The normalized spacial score (nSPS) is 22.4. The number of nitrogens with zero attached hydrogens (tertiary/aromatic N) is 2. The molecule has 1 aromatic heterocycles. The quantitative estimate of drug-likeness (QED) is 0.726. The van der Waals surface area contributed by atoms with Crippen LogP contribution in [0.5, 0.6) is 0 Å². The van der Waals surface area contributed by atoms with E-state index in [9.17, 15) is 0 Å². The predicted octanol–water partition coefficient (Wildman–Crippen LogP) is 0.581. The van der Waals surface area contributed by atoms with Gasteiger partial charge in [-0.3, -0.25) is 4.68 Å². The van der Waals surface area contributed by atoms with Crippen molar-refractivity contribution in [2.45, 2.75) is 12.8 Å². The second kappa shape index (κ2) is 3.38. The van der Waals surface area contributed by atoms with E-state index in [0.29, 0.717) is 11.7 Å². The Kier molecular flexibility index (Phi) is 2.22. The molecule has 13 heavy (non-hydrogen) atoms. The molecule has 1 aliphatic heterocycles. The molecule has 1 aliphatic rings. The molecule has 1 aromatic rings. The maximum absolute atomic E-state index is 5.59. The van der Waals surface area contributed by atoms with Crippen molar-refractivity contribution in [1.82, 2.24) is 9.78 Å². The molecule has 0 bridgehead atoms. The Labute approximate surface area is 77.7 Å². The first-order valence-corrected chi connectivity index (χ1v) is 4.62. The van der Waals surface area contributed by atoms with Crippen molar-refractivity contribution in [3.05, 3.63) is 11.8 Å². The van der Waals surface area contributed by atoms with E-state index in [-0.39, 0.29) is 0 Å². The fourth-order valence-electron chi connectivity index (χ4n) is 1.76. The van der Waals surface area contributed by atoms with Crippen molar-refractivity contribution in [3.63, 3.8) is 0 Å². The predicted molar refractivity (Wildman–Crippen MR) is 50.3 cm³/mol. The zero-order valence-electron chi connectivity index (χ0n) is 7.86. The summed E-state index contributed by atoms with van der Waals surface area (Å²) in [6.07, 6.45) is 2.19. The standard InChI is InChI=1S/C9H15N3O/c1-12-8(5-9(10)11-12)4-7-2-3-13-6-7/h5,7H,2-4,6H2,1H3,(H2,10,11). The van der Waals surface area contributed by atoms with Crippen LogP contribution < -0.4 is 5.73 Å². The highest BCUT2D eigenvalue weighted by Gasteiger charge is 2.17. The average molecular weight is 181 g/mol. The van der Waals surface area contributed by atoms with Gasteiger partial charge in [-0.2, -0.15) is 5.10 Å². The zero-order chi connectivity index (χ0) is 9.26. The molecule has 0 aromatic carbocycles. The lowest BCUT2D eigenvalue weighted by Crippen LogP contribution is -2.07. The molecule has 2 rings (SSSR count). The molecular weight excluding hydrogens is 166 g/mol. The van der Waals surface area contributed by atoms with Crippen molar-refractivity contribution >= 4 is 5.82 Å². The summed E-state index contributed by atoms with van der Waals surface area (Å²) in [6, 6.07) is 1.94. The molecule has 1 fully saturated rings. The number of hydrogen-bond acceptors (Lipinski definition) is 3. The summed E-state index contributed by atoms with van der Waals surface area (Å²) in [6.45, 7) is 1.78. The van der Waals surface area contributed by atoms with Crippen LogP contribution in [-0.2, 0) is 18.2 Å². The summed E-state index contributed by atoms with van der Waals surface area (Å²) in [7, 11) is 1.93. The minimum Gasteiger partial charge on any atom is -0.382 e. The van der Waals surface area contributed by atoms with Crippen LogP contribution in [0.1, 0.15) is 12.1 Å². The van der Waals surface area contributed by atoms with Gasteiger partial charge < -0.3 is 10.5 Å². The number of aromatic nitrogens is 2. The van der Waals surface area contributed by atoms with Gasteiger partial charge in [-0.05, 0) is 18.8 Å². The Hall–Kier alpha value is -1.03. The van der Waals surface area contributed by atoms with Crippen molar-refractivity contribution in [2.75, 3.05) is 18.9 Å². The van der Waals surface area contributed by atoms with Crippen LogP contribution in [-0.4, -0.2) is 23.0 Å². The number of nitrogens with two attached hydrogens (primary N) is 1. The van der Waals surface area contributed by atoms with Crippen LogP contribution in [0.2, 0.25) is 0 Å². The van der Waals surface area contributed by atoms with Crippen LogP contribution in [0.15, 0.2) is 6.07 Å². The SMILES string of the molecule is Cn1nc(N)cc1CC1CCOC1. The Balaban J connectivity index is 2.03. The minimum absolute atomic E-state index is 0.608. The molecule has 2 heterocycles. The van der Waals surface area contributed by atoms with Crippen molar-refractivity contribution in [1.29, 1.82) is 0 Å². The summed E-state index contributed by atoms with van der Waals surface area (Å²) < 4.78 is 7.17. The molecule has 0 radical (unpaired) electrons. The van der Waals surface area contributed by atoms with Gasteiger partial charge in [0.15, 0.2) is 0 Å². The summed E-state index contributed by atoms with van der Waals surface area (Å²) in [4.78, 5) is 0. The Morgan fingerprint density at radius 1 is 1.77 bits per heavy atom. The van der Waals surface area contributed by atoms with Crippen LogP contribution in [0.25, 0.3) is 0 Å². The number of rotatable bonds is 2. The Morgan fingerprint density at radius 2 is 2.62 bits per heavy atom. The fourth-order valence-corrected chi connectivity index (χ4v) is 1.76. The van der Waals surface area contributed by atoms with Gasteiger partial charge in [0, 0.05) is 32.0 Å². The van der Waals surface area contributed by atoms with Gasteiger partial charge in [-0.25, -0.2) is 0 Å². The highest BCUT2D eigenvalue weighted by Crippen LogP contribution is 2.18. The van der Waals surface area contributed by atoms with Gasteiger partial charge >= 0.3 is 0 Å². The van der Waals surface area contributed by atoms with E-state index in [2.05, 4.69) is 5.10 Å². The minimum atomic E-state index is 0.608. The van der Waals surface area contributed by atoms with Gasteiger partial charge in [0.05, 0.1) is 0 Å². The summed E-state index contributed by atoms with van der Waals surface area (Å²) in [5, 5.41) is 4.11. The van der Waals surface area contributed by atoms with E-state index in [1.165, 1.54) is 5.69 Å². The van der Waals surface area contributed by atoms with Crippen molar-refractivity contribution < 1.29 is 4.74 Å². The van der Waals surface area contributed by atoms with E-state index in [0.717, 1.165) is 26.1 Å². The van der Waals surface area contributed by atoms with E-state index < -0.39 is 0 Å². The zero-order valence-corrected chi connectivity index (χ0v) is 7.86. The lowest BCUT2D eigenvalue weighted by Gasteiger charge is -2.06. The summed E-state index contributed by atoms with van der Waals surface area (Å²) in [5.74, 6) is 1.26. The first-order chi connectivity index (χ1) is 6.25. The first kappa shape index (κ1) is 8.56. The number of ether oxygens (including phenoxy) is 1. The molecule has 4 nitrogen and oxygen atoms in total. The smallest absolute Gasteiger partial charge is 0.145 e. The van der Waals surface area contributed by atoms with Crippen LogP contribution in [0, 0.1) is 5.92 Å². The second-order valence-corrected chi connectivity index (χ2v) is 3.62. The lowest BCUT2D eigenvalue weighted by molar-refractivity contribution is 0.185. The molecule has 72 valence electrons. The number of anilines is 1. The fraction of sp³-hybridized carbons (Fsp3) is 0.667. The first-order valence-electron chi connectivity index (χ1n) is 4.62. The molecule has 1 unspecified atom stereocenters. The monoisotopic (exact) mass is 181 g/mol. The highest BCUT2D eigenvalue weighted by atomic mass is 16.5. The van der Waals surface area contributed by atoms with Crippen molar-refractivity contribution in [3.8, 4) is 0 Å². The maximum atomic E-state index is 5.59. The Morgan fingerprint density at radius 3 is 3.15 bits per heavy atom. The molecule has 1 saturated heterocycles. The van der Waals surface area contributed by atoms with Gasteiger partial charge in [0.25, 0.3) is 0 Å². The van der Waals surface area contributed by atoms with Crippen LogP contribution >= 0.6 is 0 Å². The molecular formula is C9H15N3O. The third-order valence-corrected chi connectivity index (χ3v) is 2.52. The van der Waals surface area contributed by atoms with Gasteiger partial charge in [-0.15, -0.1) is 0 Å². The van der Waals surface area contributed by atoms with E-state index in [4.69, 9.17) is 10.5 Å². The molecule has 4 heteroatoms. The van der Waals surface area contributed by atoms with Gasteiger partial charge in [0.2, 0.25) is 0 Å². The van der Waals surface area contributed by atoms with E-state index in [1.807, 2.05) is 17.8 Å². The molecule has 1 atom stereocenters. The van der Waals surface area contributed by atoms with E-state index in [1.54, 1.807) is 0 Å². The van der Waals surface area contributed by atoms with E-state index >= 15 is 0 Å². The van der Waals surface area contributed by atoms with Gasteiger partial charge in [-0.1, -0.05) is 0 Å². The number of hydrogen-bond donors (Lipinski definition) is 1. The third kappa shape index (κ3) is 1.83. The third-order valence-electron chi connectivity index (χ3n) is 2.52. The number of nitrogen functional groups attached to an aromatic ring is 1. The summed E-state index contributed by atoms with van der Waals surface area (Å²) in [5.41, 5.74) is 6.79. The molecule has 0 saturated carbocycles. The maximum Gasteiger partial charge on any atom is 0.145 e. The molecule has 0 spiro atoms.